The van der Waals surface area contributed by atoms with Crippen LogP contribution in [0.5, 0.6) is 0 Å². The molecule has 0 aliphatic carbocycles. The van der Waals surface area contributed by atoms with E-state index in [4.69, 9.17) is 10.8 Å². The molecule has 0 fully saturated rings. The van der Waals surface area contributed by atoms with E-state index in [1.807, 2.05) is 12.1 Å². The third-order valence-electron chi connectivity index (χ3n) is 1.85. The molecular weight excluding hydrogens is 232 g/mol. The lowest BCUT2D eigenvalue weighted by Gasteiger charge is -2.10. The molecule has 0 aliphatic rings. The smallest absolute Gasteiger partial charge is 0.106 e. The topological polar surface area (TPSA) is 59.1 Å². The fourth-order valence-electron chi connectivity index (χ4n) is 1.13. The third kappa shape index (κ3) is 3.42. The van der Waals surface area contributed by atoms with E-state index in [0.29, 0.717) is 0 Å². The molecule has 0 aliphatic heterocycles. The van der Waals surface area contributed by atoms with Gasteiger partial charge in [-0.15, -0.1) is 0 Å². The van der Waals surface area contributed by atoms with Crippen LogP contribution in [0.3, 0.4) is 0 Å². The molecule has 0 aromatic carbocycles. The lowest BCUT2D eigenvalue weighted by molar-refractivity contribution is 0.280. The lowest BCUT2D eigenvalue weighted by Crippen LogP contribution is -2.10. The fraction of sp³-hybridized carbons (Fsp3) is 0.444. The van der Waals surface area contributed by atoms with Crippen molar-refractivity contribution in [3.05, 3.63) is 28.5 Å². The number of pyridine rings is 1. The lowest BCUT2D eigenvalue weighted by atomic mass is 10.1. The van der Waals surface area contributed by atoms with Gasteiger partial charge in [0.15, 0.2) is 0 Å². The van der Waals surface area contributed by atoms with Gasteiger partial charge in [-0.3, -0.25) is 0 Å². The molecule has 1 aromatic rings. The summed E-state index contributed by atoms with van der Waals surface area (Å²) < 4.78 is 0.796. The summed E-state index contributed by atoms with van der Waals surface area (Å²) in [6.07, 6.45) is 3.26. The van der Waals surface area contributed by atoms with Crippen molar-refractivity contribution in [2.45, 2.75) is 18.9 Å². The summed E-state index contributed by atoms with van der Waals surface area (Å²) >= 11 is 3.28. The van der Waals surface area contributed by atoms with Crippen LogP contribution in [-0.2, 0) is 0 Å². The van der Waals surface area contributed by atoms with Crippen LogP contribution in [0.25, 0.3) is 0 Å². The maximum absolute atomic E-state index is 8.64. The van der Waals surface area contributed by atoms with E-state index in [1.165, 1.54) is 0 Å². The van der Waals surface area contributed by atoms with Crippen molar-refractivity contribution in [2.24, 2.45) is 5.73 Å². The van der Waals surface area contributed by atoms with Gasteiger partial charge in [0, 0.05) is 18.8 Å². The molecule has 4 heteroatoms. The first kappa shape index (κ1) is 10.6. The Morgan fingerprint density at radius 1 is 1.62 bits per heavy atom. The minimum absolute atomic E-state index is 0.00792. The largest absolute Gasteiger partial charge is 0.396 e. The molecule has 0 spiro atoms. The number of aliphatic hydroxyl groups excluding tert-OH is 1. The van der Waals surface area contributed by atoms with Crippen LogP contribution in [0.4, 0.5) is 0 Å². The molecule has 1 heterocycles. The highest BCUT2D eigenvalue weighted by Crippen LogP contribution is 2.17. The normalized spacial score (nSPS) is 12.8. The second-order valence-electron chi connectivity index (χ2n) is 2.88. The Hall–Kier alpha value is -0.450. The van der Waals surface area contributed by atoms with E-state index in [-0.39, 0.29) is 12.6 Å². The Morgan fingerprint density at radius 3 is 3.00 bits per heavy atom. The van der Waals surface area contributed by atoms with Crippen LogP contribution in [0, 0.1) is 0 Å². The quantitative estimate of drug-likeness (QED) is 0.792. The van der Waals surface area contributed by atoms with Crippen molar-refractivity contribution >= 4 is 15.9 Å². The standard InChI is InChI=1S/C9H13BrN2O/c10-9-6-7(3-4-12-9)8(11)2-1-5-13/h3-4,6,8,13H,1-2,5,11H2/t8-/m0/s1. The molecule has 0 unspecified atom stereocenters. The molecule has 0 radical (unpaired) electrons. The molecule has 1 atom stereocenters. The summed E-state index contributed by atoms with van der Waals surface area (Å²) in [5, 5.41) is 8.64. The summed E-state index contributed by atoms with van der Waals surface area (Å²) in [5.41, 5.74) is 6.94. The summed E-state index contributed by atoms with van der Waals surface area (Å²) in [6.45, 7) is 0.194. The first-order chi connectivity index (χ1) is 6.24. The van der Waals surface area contributed by atoms with Crippen LogP contribution >= 0.6 is 15.9 Å². The Labute approximate surface area is 86.1 Å². The highest BCUT2D eigenvalue weighted by Gasteiger charge is 2.05. The van der Waals surface area contributed by atoms with Crippen LogP contribution in [0.15, 0.2) is 22.9 Å². The monoisotopic (exact) mass is 244 g/mol. The van der Waals surface area contributed by atoms with Gasteiger partial charge in [-0.05, 0) is 46.5 Å². The molecule has 0 saturated carbocycles. The molecule has 3 N–H and O–H groups in total. The second-order valence-corrected chi connectivity index (χ2v) is 3.70. The summed E-state index contributed by atoms with van der Waals surface area (Å²) in [5.74, 6) is 0. The highest BCUT2D eigenvalue weighted by atomic mass is 79.9. The van der Waals surface area contributed by atoms with Crippen LogP contribution in [0.2, 0.25) is 0 Å². The van der Waals surface area contributed by atoms with Crippen molar-refractivity contribution in [2.75, 3.05) is 6.61 Å². The molecular formula is C9H13BrN2O. The van der Waals surface area contributed by atoms with Crippen molar-refractivity contribution < 1.29 is 5.11 Å². The van der Waals surface area contributed by atoms with Gasteiger partial charge in [0.2, 0.25) is 0 Å². The van der Waals surface area contributed by atoms with E-state index in [2.05, 4.69) is 20.9 Å². The number of rotatable bonds is 4. The zero-order valence-electron chi connectivity index (χ0n) is 7.28. The van der Waals surface area contributed by atoms with Crippen molar-refractivity contribution in [1.82, 2.24) is 4.98 Å². The molecule has 0 amide bonds. The average molecular weight is 245 g/mol. The molecule has 0 bridgehead atoms. The minimum atomic E-state index is -0.00792. The Bertz CT molecular complexity index is 268. The van der Waals surface area contributed by atoms with E-state index in [0.717, 1.165) is 23.0 Å². The molecule has 72 valence electrons. The van der Waals surface area contributed by atoms with Gasteiger partial charge in [-0.25, -0.2) is 4.98 Å². The molecule has 3 nitrogen and oxygen atoms in total. The fourth-order valence-corrected chi connectivity index (χ4v) is 1.51. The zero-order chi connectivity index (χ0) is 9.68. The predicted molar refractivity (Wildman–Crippen MR) is 55.2 cm³/mol. The van der Waals surface area contributed by atoms with E-state index in [1.54, 1.807) is 6.20 Å². The van der Waals surface area contributed by atoms with Gasteiger partial charge in [0.25, 0.3) is 0 Å². The second kappa shape index (κ2) is 5.32. The highest BCUT2D eigenvalue weighted by molar-refractivity contribution is 9.10. The van der Waals surface area contributed by atoms with E-state index >= 15 is 0 Å². The molecule has 13 heavy (non-hydrogen) atoms. The van der Waals surface area contributed by atoms with Crippen molar-refractivity contribution in [1.29, 1.82) is 0 Å². The van der Waals surface area contributed by atoms with Crippen LogP contribution in [-0.4, -0.2) is 16.7 Å². The van der Waals surface area contributed by atoms with Crippen LogP contribution in [0.1, 0.15) is 24.4 Å². The van der Waals surface area contributed by atoms with E-state index in [9.17, 15) is 0 Å². The number of aliphatic hydroxyl groups is 1. The zero-order valence-corrected chi connectivity index (χ0v) is 8.87. The molecule has 1 aromatic heterocycles. The van der Waals surface area contributed by atoms with Gasteiger partial charge in [0.1, 0.15) is 4.60 Å². The number of hydrogen-bond donors (Lipinski definition) is 2. The predicted octanol–water partition coefficient (Wildman–Crippen LogP) is 1.62. The maximum atomic E-state index is 8.64. The van der Waals surface area contributed by atoms with E-state index < -0.39 is 0 Å². The summed E-state index contributed by atoms with van der Waals surface area (Å²) in [4.78, 5) is 4.01. The van der Waals surface area contributed by atoms with Crippen LogP contribution < -0.4 is 5.73 Å². The number of hydrogen-bond acceptors (Lipinski definition) is 3. The summed E-state index contributed by atoms with van der Waals surface area (Å²) in [6, 6.07) is 3.79. The Balaban J connectivity index is 2.60. The molecule has 1 rings (SSSR count). The SMILES string of the molecule is N[C@@H](CCCO)c1ccnc(Br)c1. The van der Waals surface area contributed by atoms with Crippen molar-refractivity contribution in [3.8, 4) is 0 Å². The summed E-state index contributed by atoms with van der Waals surface area (Å²) in [7, 11) is 0. The first-order valence-corrected chi connectivity index (χ1v) is 5.01. The third-order valence-corrected chi connectivity index (χ3v) is 2.29. The number of nitrogens with zero attached hydrogens (tertiary/aromatic N) is 1. The number of nitrogens with two attached hydrogens (primary N) is 1. The molecule has 0 saturated heterocycles. The first-order valence-electron chi connectivity index (χ1n) is 4.22. The van der Waals surface area contributed by atoms with Crippen molar-refractivity contribution in [3.63, 3.8) is 0 Å². The van der Waals surface area contributed by atoms with Gasteiger partial charge < -0.3 is 10.8 Å². The maximum Gasteiger partial charge on any atom is 0.106 e. The van der Waals surface area contributed by atoms with Gasteiger partial charge in [-0.2, -0.15) is 0 Å². The van der Waals surface area contributed by atoms with Gasteiger partial charge >= 0.3 is 0 Å². The Morgan fingerprint density at radius 2 is 2.38 bits per heavy atom. The Kier molecular flexibility index (Phi) is 4.35. The average Bonchev–Trinajstić information content (AvgIpc) is 2.14. The number of halogens is 1. The number of aromatic nitrogens is 1. The van der Waals surface area contributed by atoms with Gasteiger partial charge in [0.05, 0.1) is 0 Å². The minimum Gasteiger partial charge on any atom is -0.396 e. The van der Waals surface area contributed by atoms with Gasteiger partial charge in [-0.1, -0.05) is 0 Å².